The van der Waals surface area contributed by atoms with Crippen molar-refractivity contribution in [2.24, 2.45) is 0 Å². The normalized spacial score (nSPS) is 14.9. The Balaban J connectivity index is 5.62. The van der Waals surface area contributed by atoms with Gasteiger partial charge < -0.3 is 0 Å². The number of hydrogen-bond acceptors (Lipinski definition) is 6. The molecule has 0 amide bonds. The number of rotatable bonds is 10. The van der Waals surface area contributed by atoms with Crippen LogP contribution in [0.25, 0.3) is 0 Å². The Kier molecular flexibility index (Phi) is 9.46. The first-order valence-corrected chi connectivity index (χ1v) is 12.7. The molecule has 0 atom stereocenters. The summed E-state index contributed by atoms with van der Waals surface area (Å²) in [6.07, 6.45) is 0. The monoisotopic (exact) mass is 442 g/mol. The van der Waals surface area contributed by atoms with Gasteiger partial charge in [-0.05, 0) is 0 Å². The average Bonchev–Trinajstić information content (AvgIpc) is 2.40. The minimum atomic E-state index is -4.40. The molecule has 0 fully saturated rings. The minimum absolute atomic E-state index is 0.319. The second kappa shape index (κ2) is 9.22. The molecule has 0 spiro atoms. The summed E-state index contributed by atoms with van der Waals surface area (Å²) in [7, 11) is 3.31. The van der Waals surface area contributed by atoms with Crippen LogP contribution in [0.4, 0.5) is 0 Å². The Morgan fingerprint density at radius 2 is 0.840 bits per heavy atom. The van der Waals surface area contributed by atoms with Crippen molar-refractivity contribution >= 4 is 0 Å². The van der Waals surface area contributed by atoms with E-state index in [0.29, 0.717) is 13.2 Å². The van der Waals surface area contributed by atoms with E-state index in [0.717, 1.165) is 0 Å². The molecule has 0 bridgehead atoms. The molecule has 0 aromatic carbocycles. The van der Waals surface area contributed by atoms with Crippen molar-refractivity contribution in [3.8, 4) is 0 Å². The Labute approximate surface area is 161 Å². The van der Waals surface area contributed by atoms with Crippen LogP contribution < -0.4 is 0 Å². The average molecular weight is 444 g/mol. The van der Waals surface area contributed by atoms with Crippen molar-refractivity contribution in [1.29, 1.82) is 0 Å². The first-order chi connectivity index (χ1) is 10.9. The van der Waals surface area contributed by atoms with E-state index in [-0.39, 0.29) is 0 Å². The fourth-order valence-electron chi connectivity index (χ4n) is 1.57. The first kappa shape index (κ1) is 25.6. The number of methoxy groups -OCH3 is 2. The van der Waals surface area contributed by atoms with Gasteiger partial charge in [-0.1, -0.05) is 0 Å². The van der Waals surface area contributed by atoms with Gasteiger partial charge in [0.25, 0.3) is 0 Å². The fraction of sp³-hybridized carbons (Fsp3) is 1.00. The van der Waals surface area contributed by atoms with Crippen molar-refractivity contribution < 1.29 is 42.8 Å². The number of ether oxygens (including phenoxy) is 2. The molecule has 25 heavy (non-hydrogen) atoms. The quantitative estimate of drug-likeness (QED) is 0.501. The van der Waals surface area contributed by atoms with Gasteiger partial charge in [0.05, 0.1) is 0 Å². The van der Waals surface area contributed by atoms with Crippen molar-refractivity contribution in [2.75, 3.05) is 27.4 Å². The Bertz CT molecular complexity index is 357. The van der Waals surface area contributed by atoms with E-state index in [9.17, 15) is 0 Å². The second-order valence-corrected chi connectivity index (χ2v) is 14.3. The molecule has 0 aliphatic rings. The summed E-state index contributed by atoms with van der Waals surface area (Å²) in [5.74, 6) is 0. The summed E-state index contributed by atoms with van der Waals surface area (Å²) in [5.41, 5.74) is -1.86. The van der Waals surface area contributed by atoms with Crippen LogP contribution in [0.2, 0.25) is 0 Å². The Morgan fingerprint density at radius 3 is 1.04 bits per heavy atom. The van der Waals surface area contributed by atoms with E-state index in [1.165, 1.54) is 0 Å². The molecule has 152 valence electrons. The molecule has 0 radical (unpaired) electrons. The molecule has 7 heteroatoms. The summed E-state index contributed by atoms with van der Waals surface area (Å²) in [4.78, 5) is 0. The predicted octanol–water partition coefficient (Wildman–Crippen LogP) is 4.31. The summed E-state index contributed by atoms with van der Waals surface area (Å²) in [6, 6.07) is 0. The molecule has 6 nitrogen and oxygen atoms in total. The third-order valence-electron chi connectivity index (χ3n) is 3.16. The molecule has 0 N–H and O–H groups in total. The molecule has 0 aliphatic carbocycles. The van der Waals surface area contributed by atoms with Crippen LogP contribution in [0.1, 0.15) is 69.2 Å². The number of hydrogen-bond donors (Lipinski definition) is 0. The zero-order valence-corrected chi connectivity index (χ0v) is 20.8. The molecule has 0 aromatic heterocycles. The molecular formula is C18H40O6Zr. The molecule has 0 aliphatic heterocycles. The Hall–Kier alpha value is 0.643. The van der Waals surface area contributed by atoms with E-state index in [1.807, 2.05) is 69.2 Å². The van der Waals surface area contributed by atoms with E-state index < -0.39 is 44.4 Å². The van der Waals surface area contributed by atoms with Crippen molar-refractivity contribution in [2.45, 2.75) is 91.6 Å². The van der Waals surface area contributed by atoms with Crippen molar-refractivity contribution in [3.05, 3.63) is 0 Å². The van der Waals surface area contributed by atoms with Crippen LogP contribution in [-0.4, -0.2) is 49.8 Å². The maximum atomic E-state index is 6.31. The van der Waals surface area contributed by atoms with Gasteiger partial charge in [-0.25, -0.2) is 0 Å². The summed E-state index contributed by atoms with van der Waals surface area (Å²) >= 11 is -4.40. The molecule has 0 saturated carbocycles. The molecular weight excluding hydrogens is 403 g/mol. The van der Waals surface area contributed by atoms with Gasteiger partial charge in [-0.2, -0.15) is 0 Å². The van der Waals surface area contributed by atoms with E-state index in [2.05, 4.69) is 0 Å². The molecule has 0 heterocycles. The topological polar surface area (TPSA) is 55.4 Å². The Morgan fingerprint density at radius 1 is 0.560 bits per heavy atom. The van der Waals surface area contributed by atoms with E-state index in [4.69, 9.17) is 20.7 Å². The van der Waals surface area contributed by atoms with Gasteiger partial charge in [0.15, 0.2) is 0 Å². The second-order valence-electron chi connectivity index (χ2n) is 9.43. The standard InChI is InChI=1S/2C5H11O2.2C4H9O.Zr/c2*1-5(2,4-6)7-3;2*1-4(2,3)5;/h2*4H2,1-3H3;2*1-3H3;/q4*-1;+4. The van der Waals surface area contributed by atoms with Gasteiger partial charge >= 0.3 is 162 Å². The third-order valence-corrected chi connectivity index (χ3v) is 9.85. The van der Waals surface area contributed by atoms with Gasteiger partial charge in [-0.15, -0.1) is 0 Å². The molecule has 0 aromatic rings. The van der Waals surface area contributed by atoms with Gasteiger partial charge in [-0.3, -0.25) is 0 Å². The van der Waals surface area contributed by atoms with Crippen LogP contribution in [-0.2, 0) is 42.8 Å². The summed E-state index contributed by atoms with van der Waals surface area (Å²) in [5, 5.41) is 0. The predicted molar refractivity (Wildman–Crippen MR) is 95.8 cm³/mol. The zero-order valence-electron chi connectivity index (χ0n) is 18.4. The van der Waals surface area contributed by atoms with Crippen LogP contribution in [0.15, 0.2) is 0 Å². The third kappa shape index (κ3) is 11.9. The summed E-state index contributed by atoms with van der Waals surface area (Å²) < 4.78 is 36.1. The van der Waals surface area contributed by atoms with Crippen molar-refractivity contribution in [1.82, 2.24) is 0 Å². The van der Waals surface area contributed by atoms with Crippen LogP contribution >= 0.6 is 0 Å². The van der Waals surface area contributed by atoms with Crippen LogP contribution in [0.5, 0.6) is 0 Å². The zero-order chi connectivity index (χ0) is 20.2. The SMILES string of the molecule is COC(C)(C)C[O][Zr]([O]CC(C)(C)OC)([O]C(C)(C)C)[O]C(C)(C)C. The first-order valence-electron chi connectivity index (χ1n) is 8.73. The van der Waals surface area contributed by atoms with Gasteiger partial charge in [0.1, 0.15) is 0 Å². The summed E-state index contributed by atoms with van der Waals surface area (Å²) in [6.45, 7) is 20.3. The fourth-order valence-corrected chi connectivity index (χ4v) is 8.72. The van der Waals surface area contributed by atoms with Crippen molar-refractivity contribution in [3.63, 3.8) is 0 Å². The van der Waals surface area contributed by atoms with Gasteiger partial charge in [0.2, 0.25) is 0 Å². The van der Waals surface area contributed by atoms with Crippen LogP contribution in [0, 0.1) is 0 Å². The van der Waals surface area contributed by atoms with E-state index in [1.54, 1.807) is 14.2 Å². The molecule has 0 rings (SSSR count). The molecule has 0 saturated heterocycles. The van der Waals surface area contributed by atoms with E-state index >= 15 is 0 Å². The maximum absolute atomic E-state index is 6.31. The van der Waals surface area contributed by atoms with Gasteiger partial charge in [0, 0.05) is 0 Å². The van der Waals surface area contributed by atoms with Crippen LogP contribution in [0.3, 0.4) is 0 Å². The molecule has 0 unspecified atom stereocenters.